The third kappa shape index (κ3) is 3.32. The smallest absolute Gasteiger partial charge is 0.0391 e. The van der Waals surface area contributed by atoms with Crippen LogP contribution < -0.4 is 0 Å². The van der Waals surface area contributed by atoms with Crippen molar-refractivity contribution in [3.63, 3.8) is 0 Å². The topological polar surface area (TPSA) is 0 Å². The van der Waals surface area contributed by atoms with E-state index in [1.54, 1.807) is 0 Å². The van der Waals surface area contributed by atoms with Crippen molar-refractivity contribution in [1.29, 1.82) is 0 Å². The predicted octanol–water partition coefficient (Wildman–Crippen LogP) is 4.49. The van der Waals surface area contributed by atoms with Crippen molar-refractivity contribution in [2.45, 2.75) is 59.8 Å². The molecule has 1 saturated carbocycles. The maximum atomic E-state index is 2.39. The molecule has 1 aliphatic rings. The largest absolute Gasteiger partial charge is 0.0625 e. The molecule has 0 aliphatic heterocycles. The molecule has 0 nitrogen and oxygen atoms in total. The number of hydrogen-bond acceptors (Lipinski definition) is 0. The van der Waals surface area contributed by atoms with Crippen LogP contribution >= 0.6 is 0 Å². The second kappa shape index (κ2) is 5.02. The van der Waals surface area contributed by atoms with Crippen LogP contribution in [0.15, 0.2) is 0 Å². The molecule has 13 heavy (non-hydrogen) atoms. The second-order valence-electron chi connectivity index (χ2n) is 5.52. The zero-order valence-corrected chi connectivity index (χ0v) is 9.84. The molecule has 0 N–H and O–H groups in total. The lowest BCUT2D eigenvalue weighted by atomic mass is 9.86. The fraction of sp³-hybridized carbons (Fsp3) is 1.00. The summed E-state index contributed by atoms with van der Waals surface area (Å²) in [6.45, 7) is 9.56. The van der Waals surface area contributed by atoms with Gasteiger partial charge in [0.25, 0.3) is 0 Å². The second-order valence-corrected chi connectivity index (χ2v) is 5.52. The lowest BCUT2D eigenvalue weighted by Crippen LogP contribution is -2.09. The van der Waals surface area contributed by atoms with E-state index in [1.165, 1.54) is 32.1 Å². The third-order valence-corrected chi connectivity index (χ3v) is 3.94. The van der Waals surface area contributed by atoms with Gasteiger partial charge in [0, 0.05) is 0 Å². The molecule has 0 heterocycles. The van der Waals surface area contributed by atoms with Crippen molar-refractivity contribution in [2.24, 2.45) is 23.7 Å². The summed E-state index contributed by atoms with van der Waals surface area (Å²) in [5.41, 5.74) is 0. The summed E-state index contributed by atoms with van der Waals surface area (Å²) in [7, 11) is 0. The molecular formula is C13H26. The molecule has 0 amide bonds. The van der Waals surface area contributed by atoms with Crippen LogP contribution in [0.25, 0.3) is 0 Å². The first-order valence-corrected chi connectivity index (χ1v) is 6.11. The average molecular weight is 182 g/mol. The lowest BCUT2D eigenvalue weighted by molar-refractivity contribution is 0.312. The number of rotatable bonds is 2. The molecule has 0 bridgehead atoms. The Balaban J connectivity index is 2.39. The SMILES string of the molecule is CC(C)C1CCCC(C(C)C)CC1. The monoisotopic (exact) mass is 182 g/mol. The average Bonchev–Trinajstić information content (AvgIpc) is 2.27. The standard InChI is InChI=1S/C13H26/c1-10(2)12-6-5-7-13(9-8-12)11(3)4/h10-13H,5-9H2,1-4H3. The van der Waals surface area contributed by atoms with Gasteiger partial charge in [0.1, 0.15) is 0 Å². The molecule has 0 aromatic rings. The maximum Gasteiger partial charge on any atom is -0.0391 e. The molecule has 0 aromatic heterocycles. The summed E-state index contributed by atoms with van der Waals surface area (Å²) in [5, 5.41) is 0. The summed E-state index contributed by atoms with van der Waals surface area (Å²) < 4.78 is 0. The van der Waals surface area contributed by atoms with Crippen LogP contribution in [0.3, 0.4) is 0 Å². The van der Waals surface area contributed by atoms with Crippen molar-refractivity contribution in [3.05, 3.63) is 0 Å². The Morgan fingerprint density at radius 2 is 1.08 bits per heavy atom. The molecule has 0 radical (unpaired) electrons. The molecule has 1 rings (SSSR count). The van der Waals surface area contributed by atoms with Gasteiger partial charge in [-0.3, -0.25) is 0 Å². The zero-order valence-electron chi connectivity index (χ0n) is 9.84. The molecule has 2 unspecified atom stereocenters. The fourth-order valence-electron chi connectivity index (χ4n) is 2.69. The highest BCUT2D eigenvalue weighted by molar-refractivity contribution is 4.73. The van der Waals surface area contributed by atoms with Gasteiger partial charge in [0.15, 0.2) is 0 Å². The summed E-state index contributed by atoms with van der Waals surface area (Å²) in [6.07, 6.45) is 7.43. The van der Waals surface area contributed by atoms with E-state index in [-0.39, 0.29) is 0 Å². The lowest BCUT2D eigenvalue weighted by Gasteiger charge is -2.20. The highest BCUT2D eigenvalue weighted by Gasteiger charge is 2.22. The minimum Gasteiger partial charge on any atom is -0.0625 e. The van der Waals surface area contributed by atoms with Crippen LogP contribution in [-0.4, -0.2) is 0 Å². The summed E-state index contributed by atoms with van der Waals surface area (Å²) in [4.78, 5) is 0. The number of hydrogen-bond donors (Lipinski definition) is 0. The van der Waals surface area contributed by atoms with Crippen LogP contribution in [-0.2, 0) is 0 Å². The van der Waals surface area contributed by atoms with Gasteiger partial charge in [-0.2, -0.15) is 0 Å². The van der Waals surface area contributed by atoms with Crippen molar-refractivity contribution >= 4 is 0 Å². The Kier molecular flexibility index (Phi) is 4.28. The zero-order chi connectivity index (χ0) is 9.84. The fourth-order valence-corrected chi connectivity index (χ4v) is 2.69. The molecule has 2 atom stereocenters. The van der Waals surface area contributed by atoms with Crippen molar-refractivity contribution < 1.29 is 0 Å². The van der Waals surface area contributed by atoms with Crippen molar-refractivity contribution in [1.82, 2.24) is 0 Å². The molecule has 78 valence electrons. The van der Waals surface area contributed by atoms with E-state index in [9.17, 15) is 0 Å². The normalized spacial score (nSPS) is 30.9. The van der Waals surface area contributed by atoms with Crippen LogP contribution in [0.1, 0.15) is 59.8 Å². The summed E-state index contributed by atoms with van der Waals surface area (Å²) in [5.74, 6) is 3.85. The first kappa shape index (κ1) is 11.1. The van der Waals surface area contributed by atoms with E-state index in [1.807, 2.05) is 0 Å². The minimum atomic E-state index is 0.908. The first-order chi connectivity index (χ1) is 6.11. The van der Waals surface area contributed by atoms with Crippen molar-refractivity contribution in [2.75, 3.05) is 0 Å². The van der Waals surface area contributed by atoms with Gasteiger partial charge < -0.3 is 0 Å². The van der Waals surface area contributed by atoms with Gasteiger partial charge in [-0.05, 0) is 36.5 Å². The highest BCUT2D eigenvalue weighted by Crippen LogP contribution is 2.34. The quantitative estimate of drug-likeness (QED) is 0.552. The Morgan fingerprint density at radius 1 is 0.692 bits per heavy atom. The predicted molar refractivity (Wildman–Crippen MR) is 59.7 cm³/mol. The van der Waals surface area contributed by atoms with E-state index in [0.717, 1.165) is 23.7 Å². The van der Waals surface area contributed by atoms with Gasteiger partial charge in [-0.15, -0.1) is 0 Å². The van der Waals surface area contributed by atoms with Crippen LogP contribution in [0.5, 0.6) is 0 Å². The maximum absolute atomic E-state index is 2.39. The van der Waals surface area contributed by atoms with Gasteiger partial charge in [0.05, 0.1) is 0 Å². The molecule has 0 spiro atoms. The Hall–Kier alpha value is 0. The molecule has 0 saturated heterocycles. The van der Waals surface area contributed by atoms with E-state index in [2.05, 4.69) is 27.7 Å². The summed E-state index contributed by atoms with van der Waals surface area (Å²) in [6, 6.07) is 0. The molecule has 0 aromatic carbocycles. The minimum absolute atomic E-state index is 0.908. The van der Waals surface area contributed by atoms with Crippen LogP contribution in [0.2, 0.25) is 0 Å². The molecule has 1 aliphatic carbocycles. The first-order valence-electron chi connectivity index (χ1n) is 6.11. The van der Waals surface area contributed by atoms with E-state index in [4.69, 9.17) is 0 Å². The van der Waals surface area contributed by atoms with E-state index >= 15 is 0 Å². The van der Waals surface area contributed by atoms with Gasteiger partial charge in [-0.1, -0.05) is 47.0 Å². The Labute approximate surface area is 84.1 Å². The van der Waals surface area contributed by atoms with Gasteiger partial charge in [-0.25, -0.2) is 0 Å². The van der Waals surface area contributed by atoms with Gasteiger partial charge >= 0.3 is 0 Å². The Bertz CT molecular complexity index is 119. The summed E-state index contributed by atoms with van der Waals surface area (Å²) >= 11 is 0. The molecular weight excluding hydrogens is 156 g/mol. The van der Waals surface area contributed by atoms with E-state index in [0.29, 0.717) is 0 Å². The van der Waals surface area contributed by atoms with Crippen LogP contribution in [0.4, 0.5) is 0 Å². The van der Waals surface area contributed by atoms with Gasteiger partial charge in [0.2, 0.25) is 0 Å². The van der Waals surface area contributed by atoms with E-state index < -0.39 is 0 Å². The Morgan fingerprint density at radius 3 is 1.38 bits per heavy atom. The highest BCUT2D eigenvalue weighted by atomic mass is 14.3. The third-order valence-electron chi connectivity index (χ3n) is 3.94. The van der Waals surface area contributed by atoms with Crippen molar-refractivity contribution in [3.8, 4) is 0 Å². The molecule has 1 fully saturated rings. The molecule has 0 heteroatoms. The van der Waals surface area contributed by atoms with Crippen LogP contribution in [0, 0.1) is 23.7 Å².